The number of halogens is 1. The Morgan fingerprint density at radius 2 is 2.19 bits per heavy atom. The van der Waals surface area contributed by atoms with Crippen molar-refractivity contribution in [3.05, 3.63) is 58.9 Å². The van der Waals surface area contributed by atoms with Crippen LogP contribution in [0, 0.1) is 5.82 Å². The topological polar surface area (TPSA) is 41.5 Å². The number of para-hydroxylation sites is 1. The van der Waals surface area contributed by atoms with E-state index in [9.17, 15) is 9.50 Å². The molecule has 0 saturated carbocycles. The molecule has 0 aliphatic carbocycles. The summed E-state index contributed by atoms with van der Waals surface area (Å²) in [6, 6.07) is 10.7. The van der Waals surface area contributed by atoms with E-state index in [1.165, 1.54) is 18.7 Å². The number of hydrogen-bond donors (Lipinski definition) is 2. The van der Waals surface area contributed by atoms with Crippen molar-refractivity contribution in [2.75, 3.05) is 19.0 Å². The summed E-state index contributed by atoms with van der Waals surface area (Å²) >= 11 is 0. The molecule has 1 unspecified atom stereocenters. The zero-order valence-electron chi connectivity index (χ0n) is 11.9. The average Bonchev–Trinajstić information content (AvgIpc) is 2.95. The van der Waals surface area contributed by atoms with Gasteiger partial charge in [-0.05, 0) is 29.7 Å². The molecule has 1 heterocycles. The Morgan fingerprint density at radius 1 is 1.33 bits per heavy atom. The fourth-order valence-corrected chi connectivity index (χ4v) is 2.81. The summed E-state index contributed by atoms with van der Waals surface area (Å²) in [7, 11) is 1.44. The Morgan fingerprint density at radius 3 is 2.95 bits per heavy atom. The molecule has 2 aromatic carbocycles. The highest BCUT2D eigenvalue weighted by Crippen LogP contribution is 2.32. The summed E-state index contributed by atoms with van der Waals surface area (Å²) in [6.07, 6.45) is 0.699. The molecule has 2 aromatic rings. The van der Waals surface area contributed by atoms with E-state index < -0.39 is 11.9 Å². The van der Waals surface area contributed by atoms with Crippen LogP contribution in [0.3, 0.4) is 0 Å². The van der Waals surface area contributed by atoms with E-state index in [0.29, 0.717) is 6.42 Å². The molecule has 2 N–H and O–H groups in total. The first kappa shape index (κ1) is 13.9. The van der Waals surface area contributed by atoms with Crippen LogP contribution in [-0.2, 0) is 12.8 Å². The zero-order valence-corrected chi connectivity index (χ0v) is 11.9. The maximum Gasteiger partial charge on any atom is 0.165 e. The standard InChI is InChI=1S/C17H18FNO2/c1-21-16-6-5-11(9-14(16)18)10-15(20)13-4-2-3-12-7-8-19-17(12)13/h2-6,9,15,19-20H,7-8,10H2,1H3. The van der Waals surface area contributed by atoms with Gasteiger partial charge in [-0.15, -0.1) is 0 Å². The van der Waals surface area contributed by atoms with Crippen molar-refractivity contribution in [2.24, 2.45) is 0 Å². The van der Waals surface area contributed by atoms with Crippen LogP contribution in [0.1, 0.15) is 22.8 Å². The van der Waals surface area contributed by atoms with E-state index in [2.05, 4.69) is 11.4 Å². The lowest BCUT2D eigenvalue weighted by molar-refractivity contribution is 0.179. The smallest absolute Gasteiger partial charge is 0.165 e. The molecule has 0 amide bonds. The Kier molecular flexibility index (Phi) is 3.80. The Bertz CT molecular complexity index is 657. The third kappa shape index (κ3) is 2.72. The molecule has 1 aliphatic rings. The third-order valence-electron chi connectivity index (χ3n) is 3.88. The number of aliphatic hydroxyl groups is 1. The Labute approximate surface area is 123 Å². The van der Waals surface area contributed by atoms with Crippen molar-refractivity contribution in [2.45, 2.75) is 18.9 Å². The molecule has 0 radical (unpaired) electrons. The SMILES string of the molecule is COc1ccc(CC(O)c2cccc3c2NCC3)cc1F. The second-order valence-electron chi connectivity index (χ2n) is 5.25. The maximum absolute atomic E-state index is 13.7. The van der Waals surface area contributed by atoms with Crippen molar-refractivity contribution in [1.82, 2.24) is 0 Å². The van der Waals surface area contributed by atoms with Crippen molar-refractivity contribution < 1.29 is 14.2 Å². The molecule has 0 saturated heterocycles. The highest BCUT2D eigenvalue weighted by atomic mass is 19.1. The van der Waals surface area contributed by atoms with Crippen LogP contribution < -0.4 is 10.1 Å². The van der Waals surface area contributed by atoms with E-state index in [1.54, 1.807) is 12.1 Å². The van der Waals surface area contributed by atoms with Crippen LogP contribution in [0.5, 0.6) is 5.75 Å². The molecular weight excluding hydrogens is 269 g/mol. The van der Waals surface area contributed by atoms with E-state index in [1.807, 2.05) is 12.1 Å². The second-order valence-corrected chi connectivity index (χ2v) is 5.25. The van der Waals surface area contributed by atoms with Crippen molar-refractivity contribution in [3.8, 4) is 5.75 Å². The average molecular weight is 287 g/mol. The number of nitrogens with one attached hydrogen (secondary N) is 1. The first-order valence-corrected chi connectivity index (χ1v) is 7.05. The van der Waals surface area contributed by atoms with Crippen LogP contribution in [0.15, 0.2) is 36.4 Å². The maximum atomic E-state index is 13.7. The molecule has 0 fully saturated rings. The molecule has 110 valence electrons. The number of fused-ring (bicyclic) bond motifs is 1. The summed E-state index contributed by atoms with van der Waals surface area (Å²) < 4.78 is 18.6. The van der Waals surface area contributed by atoms with Gasteiger partial charge in [0.05, 0.1) is 13.2 Å². The Hall–Kier alpha value is -2.07. The molecule has 1 atom stereocenters. The molecule has 21 heavy (non-hydrogen) atoms. The molecule has 3 nitrogen and oxygen atoms in total. The van der Waals surface area contributed by atoms with Crippen molar-refractivity contribution in [3.63, 3.8) is 0 Å². The largest absolute Gasteiger partial charge is 0.494 e. The highest BCUT2D eigenvalue weighted by molar-refractivity contribution is 5.62. The number of ether oxygens (including phenoxy) is 1. The lowest BCUT2D eigenvalue weighted by Gasteiger charge is -2.16. The van der Waals surface area contributed by atoms with Gasteiger partial charge in [-0.25, -0.2) is 4.39 Å². The molecule has 0 bridgehead atoms. The fraction of sp³-hybridized carbons (Fsp3) is 0.294. The van der Waals surface area contributed by atoms with Crippen LogP contribution in [0.25, 0.3) is 0 Å². The number of hydrogen-bond acceptors (Lipinski definition) is 3. The van der Waals surface area contributed by atoms with Crippen LogP contribution in [0.2, 0.25) is 0 Å². The quantitative estimate of drug-likeness (QED) is 0.908. The monoisotopic (exact) mass is 287 g/mol. The minimum absolute atomic E-state index is 0.218. The predicted molar refractivity (Wildman–Crippen MR) is 80.3 cm³/mol. The molecule has 0 aromatic heterocycles. The van der Waals surface area contributed by atoms with Gasteiger partial charge >= 0.3 is 0 Å². The van der Waals surface area contributed by atoms with E-state index in [4.69, 9.17) is 4.74 Å². The number of rotatable bonds is 4. The van der Waals surface area contributed by atoms with Gasteiger partial charge in [0.15, 0.2) is 11.6 Å². The van der Waals surface area contributed by atoms with Gasteiger partial charge in [-0.2, -0.15) is 0 Å². The number of methoxy groups -OCH3 is 1. The van der Waals surface area contributed by atoms with Gasteiger partial charge in [-0.3, -0.25) is 0 Å². The minimum Gasteiger partial charge on any atom is -0.494 e. The summed E-state index contributed by atoms with van der Waals surface area (Å²) in [5.41, 5.74) is 3.88. The van der Waals surface area contributed by atoms with Gasteiger partial charge < -0.3 is 15.2 Å². The minimum atomic E-state index is -0.654. The predicted octanol–water partition coefficient (Wildman–Crippen LogP) is 3.08. The van der Waals surface area contributed by atoms with Crippen molar-refractivity contribution in [1.29, 1.82) is 0 Å². The third-order valence-corrected chi connectivity index (χ3v) is 3.88. The van der Waals surface area contributed by atoms with Gasteiger partial charge in [0.1, 0.15) is 0 Å². The molecule has 3 rings (SSSR count). The highest BCUT2D eigenvalue weighted by Gasteiger charge is 2.19. The number of benzene rings is 2. The summed E-state index contributed by atoms with van der Waals surface area (Å²) in [5, 5.41) is 13.8. The summed E-state index contributed by atoms with van der Waals surface area (Å²) in [4.78, 5) is 0. The van der Waals surface area contributed by atoms with Crippen LogP contribution in [-0.4, -0.2) is 18.8 Å². The van der Waals surface area contributed by atoms with Crippen LogP contribution >= 0.6 is 0 Å². The van der Waals surface area contributed by atoms with Crippen LogP contribution in [0.4, 0.5) is 10.1 Å². The van der Waals surface area contributed by atoms with Gasteiger partial charge in [0.2, 0.25) is 0 Å². The van der Waals surface area contributed by atoms with E-state index >= 15 is 0 Å². The van der Waals surface area contributed by atoms with Gasteiger partial charge in [0, 0.05) is 24.2 Å². The first-order chi connectivity index (χ1) is 10.2. The number of anilines is 1. The van der Waals surface area contributed by atoms with E-state index in [0.717, 1.165) is 29.8 Å². The normalized spacial score (nSPS) is 14.4. The first-order valence-electron chi connectivity index (χ1n) is 7.05. The molecular formula is C17H18FNO2. The van der Waals surface area contributed by atoms with E-state index in [-0.39, 0.29) is 5.75 Å². The number of aliphatic hydroxyl groups excluding tert-OH is 1. The lowest BCUT2D eigenvalue weighted by atomic mass is 9.98. The zero-order chi connectivity index (χ0) is 14.8. The Balaban J connectivity index is 1.82. The molecule has 4 heteroatoms. The summed E-state index contributed by atoms with van der Waals surface area (Å²) in [6.45, 7) is 0.899. The fourth-order valence-electron chi connectivity index (χ4n) is 2.81. The molecule has 0 spiro atoms. The summed E-state index contributed by atoms with van der Waals surface area (Å²) in [5.74, 6) is -0.186. The second kappa shape index (κ2) is 5.74. The van der Waals surface area contributed by atoms with Gasteiger partial charge in [-0.1, -0.05) is 24.3 Å². The lowest BCUT2D eigenvalue weighted by Crippen LogP contribution is -2.05. The van der Waals surface area contributed by atoms with Crippen molar-refractivity contribution >= 4 is 5.69 Å². The van der Waals surface area contributed by atoms with Gasteiger partial charge in [0.25, 0.3) is 0 Å². The molecule has 1 aliphatic heterocycles.